The minimum Gasteiger partial charge on any atom is -0.489 e. The summed E-state index contributed by atoms with van der Waals surface area (Å²) < 4.78 is 13.4. The number of anilines is 1. The SMILES string of the molecule is CCOC(=O)C1=C(C)N=c2s/c(=C/c3ccc(OCc4ccccc4C#N)cc3)c(=O)n2[C@@H]1c1ccc(N(C)C)cc1. The molecular weight excluding hydrogens is 548 g/mol. The predicted molar refractivity (Wildman–Crippen MR) is 163 cm³/mol. The standard InChI is InChI=1S/C33H30N4O4S/c1-5-40-32(39)29-21(2)35-33-37(30(29)23-12-14-26(15-13-23)36(3)4)31(38)28(42-33)18-22-10-16-27(17-11-22)41-20-25-9-7-6-8-24(25)19-34/h6-18,30H,5,20H2,1-4H3/b28-18+/t30-/m1/s1. The Morgan fingerprint density at radius 3 is 2.48 bits per heavy atom. The summed E-state index contributed by atoms with van der Waals surface area (Å²) in [5.74, 6) is 0.167. The molecule has 0 radical (unpaired) electrons. The number of hydrogen-bond donors (Lipinski definition) is 0. The van der Waals surface area contributed by atoms with Gasteiger partial charge in [0.2, 0.25) is 0 Å². The number of hydrogen-bond acceptors (Lipinski definition) is 8. The van der Waals surface area contributed by atoms with E-state index in [1.54, 1.807) is 24.5 Å². The molecule has 0 bridgehead atoms. The van der Waals surface area contributed by atoms with Gasteiger partial charge in [0.15, 0.2) is 4.80 Å². The second kappa shape index (κ2) is 12.3. The smallest absolute Gasteiger partial charge is 0.338 e. The third-order valence-electron chi connectivity index (χ3n) is 6.95. The van der Waals surface area contributed by atoms with Crippen LogP contribution in [0, 0.1) is 11.3 Å². The van der Waals surface area contributed by atoms with Crippen LogP contribution >= 0.6 is 11.3 Å². The lowest BCUT2D eigenvalue weighted by Gasteiger charge is -2.25. The summed E-state index contributed by atoms with van der Waals surface area (Å²) in [5.41, 5.74) is 4.67. The van der Waals surface area contributed by atoms with E-state index in [-0.39, 0.29) is 18.8 Å². The first-order chi connectivity index (χ1) is 20.3. The molecular formula is C33H30N4O4S. The molecule has 0 spiro atoms. The summed E-state index contributed by atoms with van der Waals surface area (Å²) in [4.78, 5) is 34.1. The number of benzene rings is 3. The first-order valence-electron chi connectivity index (χ1n) is 13.5. The van der Waals surface area contributed by atoms with Gasteiger partial charge in [-0.05, 0) is 61.4 Å². The summed E-state index contributed by atoms with van der Waals surface area (Å²) >= 11 is 1.28. The Bertz CT molecular complexity index is 1880. The molecule has 42 heavy (non-hydrogen) atoms. The molecule has 0 fully saturated rings. The number of fused-ring (bicyclic) bond motifs is 1. The highest BCUT2D eigenvalue weighted by molar-refractivity contribution is 7.07. The number of rotatable bonds is 8. The predicted octanol–water partition coefficient (Wildman–Crippen LogP) is 4.31. The number of allylic oxidation sites excluding steroid dienone is 1. The van der Waals surface area contributed by atoms with Crippen LogP contribution in [0.2, 0.25) is 0 Å². The number of carbonyl (C=O) groups excluding carboxylic acids is 1. The van der Waals surface area contributed by atoms with Gasteiger partial charge in [-0.25, -0.2) is 9.79 Å². The van der Waals surface area contributed by atoms with Crippen molar-refractivity contribution < 1.29 is 14.3 Å². The molecule has 212 valence electrons. The van der Waals surface area contributed by atoms with E-state index >= 15 is 0 Å². The lowest BCUT2D eigenvalue weighted by Crippen LogP contribution is -2.39. The quantitative estimate of drug-likeness (QED) is 0.289. The number of thiazole rings is 1. The molecule has 0 aliphatic carbocycles. The normalized spacial score (nSPS) is 14.5. The summed E-state index contributed by atoms with van der Waals surface area (Å²) in [6.07, 6.45) is 1.81. The van der Waals surface area contributed by atoms with Crippen molar-refractivity contribution in [1.82, 2.24) is 4.57 Å². The maximum atomic E-state index is 13.8. The second-order valence-corrected chi connectivity index (χ2v) is 10.9. The average molecular weight is 579 g/mol. The summed E-state index contributed by atoms with van der Waals surface area (Å²) in [6.45, 7) is 4.03. The zero-order valence-corrected chi connectivity index (χ0v) is 24.6. The van der Waals surface area contributed by atoms with Gasteiger partial charge in [-0.3, -0.25) is 9.36 Å². The van der Waals surface area contributed by atoms with Crippen molar-refractivity contribution in [3.8, 4) is 11.8 Å². The highest BCUT2D eigenvalue weighted by Gasteiger charge is 2.33. The molecule has 3 aromatic carbocycles. The van der Waals surface area contributed by atoms with Gasteiger partial charge in [0.25, 0.3) is 5.56 Å². The van der Waals surface area contributed by atoms with Gasteiger partial charge >= 0.3 is 5.97 Å². The Labute approximate surface area is 247 Å². The first-order valence-corrected chi connectivity index (χ1v) is 14.3. The van der Waals surface area contributed by atoms with Crippen molar-refractivity contribution in [3.05, 3.63) is 126 Å². The van der Waals surface area contributed by atoms with Gasteiger partial charge < -0.3 is 14.4 Å². The maximum absolute atomic E-state index is 13.8. The highest BCUT2D eigenvalue weighted by atomic mass is 32.1. The number of esters is 1. The van der Waals surface area contributed by atoms with E-state index in [1.807, 2.05) is 91.8 Å². The van der Waals surface area contributed by atoms with Crippen molar-refractivity contribution in [1.29, 1.82) is 5.26 Å². The monoisotopic (exact) mass is 578 g/mol. The van der Waals surface area contributed by atoms with Crippen LogP contribution in [0.25, 0.3) is 6.08 Å². The fourth-order valence-corrected chi connectivity index (χ4v) is 5.84. The largest absolute Gasteiger partial charge is 0.489 e. The Hall–Kier alpha value is -4.94. The summed E-state index contributed by atoms with van der Waals surface area (Å²) in [7, 11) is 3.91. The Balaban J connectivity index is 1.49. The number of aromatic nitrogens is 1. The molecule has 2 heterocycles. The van der Waals surface area contributed by atoms with E-state index in [2.05, 4.69) is 11.1 Å². The van der Waals surface area contributed by atoms with E-state index in [0.29, 0.717) is 31.9 Å². The number of carbonyl (C=O) groups is 1. The Morgan fingerprint density at radius 1 is 1.10 bits per heavy atom. The minimum absolute atomic E-state index is 0.219. The maximum Gasteiger partial charge on any atom is 0.338 e. The minimum atomic E-state index is -0.661. The van der Waals surface area contributed by atoms with Crippen molar-refractivity contribution in [2.75, 3.05) is 25.6 Å². The van der Waals surface area contributed by atoms with Crippen LogP contribution in [0.15, 0.2) is 93.9 Å². The molecule has 0 amide bonds. The molecule has 4 aromatic rings. The van der Waals surface area contributed by atoms with Crippen LogP contribution in [0.4, 0.5) is 5.69 Å². The molecule has 1 aliphatic heterocycles. The average Bonchev–Trinajstić information content (AvgIpc) is 3.30. The number of nitriles is 1. The highest BCUT2D eigenvalue weighted by Crippen LogP contribution is 2.31. The molecule has 5 rings (SSSR count). The van der Waals surface area contributed by atoms with Gasteiger partial charge in [0, 0.05) is 25.3 Å². The lowest BCUT2D eigenvalue weighted by atomic mass is 9.95. The zero-order valence-electron chi connectivity index (χ0n) is 23.8. The van der Waals surface area contributed by atoms with Crippen molar-refractivity contribution in [2.24, 2.45) is 4.99 Å². The van der Waals surface area contributed by atoms with Crippen LogP contribution in [-0.4, -0.2) is 31.2 Å². The van der Waals surface area contributed by atoms with E-state index < -0.39 is 12.0 Å². The fraction of sp³-hybridized carbons (Fsp3) is 0.212. The Kier molecular flexibility index (Phi) is 8.36. The molecule has 0 saturated heterocycles. The fourth-order valence-electron chi connectivity index (χ4n) is 4.79. The summed E-state index contributed by atoms with van der Waals surface area (Å²) in [5, 5.41) is 9.30. The molecule has 1 atom stereocenters. The van der Waals surface area contributed by atoms with E-state index in [1.165, 1.54) is 11.3 Å². The molecule has 9 heteroatoms. The molecule has 1 aromatic heterocycles. The number of nitrogens with zero attached hydrogens (tertiary/aromatic N) is 4. The van der Waals surface area contributed by atoms with Crippen LogP contribution in [0.1, 0.15) is 42.1 Å². The molecule has 0 saturated carbocycles. The Morgan fingerprint density at radius 2 is 1.81 bits per heavy atom. The second-order valence-electron chi connectivity index (χ2n) is 9.91. The van der Waals surface area contributed by atoms with Crippen LogP contribution in [0.5, 0.6) is 5.75 Å². The van der Waals surface area contributed by atoms with Gasteiger partial charge in [-0.2, -0.15) is 5.26 Å². The molecule has 0 N–H and O–H groups in total. The van der Waals surface area contributed by atoms with Crippen molar-refractivity contribution >= 4 is 29.1 Å². The summed E-state index contributed by atoms with van der Waals surface area (Å²) in [6, 6.07) is 24.0. The number of ether oxygens (including phenoxy) is 2. The van der Waals surface area contributed by atoms with Gasteiger partial charge in [-0.15, -0.1) is 0 Å². The van der Waals surface area contributed by atoms with Crippen molar-refractivity contribution in [2.45, 2.75) is 26.5 Å². The molecule has 1 aliphatic rings. The van der Waals surface area contributed by atoms with Crippen LogP contribution in [0.3, 0.4) is 0 Å². The van der Waals surface area contributed by atoms with Gasteiger partial charge in [0.1, 0.15) is 12.4 Å². The molecule has 0 unspecified atom stereocenters. The van der Waals surface area contributed by atoms with Crippen LogP contribution < -0.4 is 24.5 Å². The van der Waals surface area contributed by atoms with E-state index in [4.69, 9.17) is 9.47 Å². The van der Waals surface area contributed by atoms with Gasteiger partial charge in [0.05, 0.1) is 40.1 Å². The first kappa shape index (κ1) is 28.6. The van der Waals surface area contributed by atoms with Crippen molar-refractivity contribution in [3.63, 3.8) is 0 Å². The van der Waals surface area contributed by atoms with Gasteiger partial charge in [-0.1, -0.05) is 53.8 Å². The molecule has 8 nitrogen and oxygen atoms in total. The van der Waals surface area contributed by atoms with E-state index in [0.717, 1.165) is 22.4 Å². The lowest BCUT2D eigenvalue weighted by molar-refractivity contribution is -0.139. The zero-order chi connectivity index (χ0) is 29.8. The van der Waals surface area contributed by atoms with E-state index in [9.17, 15) is 14.9 Å². The third-order valence-corrected chi connectivity index (χ3v) is 7.94. The third kappa shape index (κ3) is 5.76. The van der Waals surface area contributed by atoms with Crippen LogP contribution in [-0.2, 0) is 16.1 Å². The topological polar surface area (TPSA) is 96.9 Å².